The van der Waals surface area contributed by atoms with Gasteiger partial charge in [-0.25, -0.2) is 19.5 Å². The number of carbonyl (C=O) groups is 1. The van der Waals surface area contributed by atoms with Crippen molar-refractivity contribution in [3.05, 3.63) is 52.2 Å². The number of rotatable bonds is 10. The summed E-state index contributed by atoms with van der Waals surface area (Å²) >= 11 is 0. The largest absolute Gasteiger partial charge is 0.466 e. The van der Waals surface area contributed by atoms with E-state index >= 15 is 0 Å². The second-order valence-corrected chi connectivity index (χ2v) is 7.93. The van der Waals surface area contributed by atoms with Gasteiger partial charge in [0.15, 0.2) is 11.5 Å². The van der Waals surface area contributed by atoms with Crippen LogP contribution >= 0.6 is 0 Å². The van der Waals surface area contributed by atoms with Crippen molar-refractivity contribution in [1.29, 1.82) is 0 Å². The molecule has 0 spiro atoms. The van der Waals surface area contributed by atoms with Crippen LogP contribution in [-0.4, -0.2) is 45.1 Å². The predicted molar refractivity (Wildman–Crippen MR) is 113 cm³/mol. The molecule has 0 aliphatic heterocycles. The van der Waals surface area contributed by atoms with Gasteiger partial charge < -0.3 is 9.72 Å². The molecule has 2 heterocycles. The third kappa shape index (κ3) is 6.12. The van der Waals surface area contributed by atoms with Crippen molar-refractivity contribution in [2.75, 3.05) is 11.3 Å². The molecule has 0 atom stereocenters. The number of ether oxygens (including phenoxy) is 1. The second kappa shape index (κ2) is 9.71. The van der Waals surface area contributed by atoms with E-state index in [1.165, 1.54) is 4.57 Å². The van der Waals surface area contributed by atoms with Crippen molar-refractivity contribution >= 4 is 33.3 Å². The molecule has 12 heteroatoms. The molecule has 0 aliphatic carbocycles. The van der Waals surface area contributed by atoms with E-state index in [0.717, 1.165) is 5.56 Å². The number of hydrogen-bond donors (Lipinski definition) is 3. The number of nitrogens with one attached hydrogen (secondary N) is 2. The first kappa shape index (κ1) is 22.4. The maximum atomic E-state index is 12.5. The Morgan fingerprint density at radius 1 is 1.23 bits per heavy atom. The fourth-order valence-corrected chi connectivity index (χ4v) is 3.47. The number of carbonyl (C=O) groups excluding carboxylic acids is 1. The Labute approximate surface area is 178 Å². The van der Waals surface area contributed by atoms with Gasteiger partial charge in [-0.3, -0.25) is 13.9 Å². The first-order chi connectivity index (χ1) is 14.8. The van der Waals surface area contributed by atoms with Gasteiger partial charge in [0.1, 0.15) is 11.3 Å². The highest BCUT2D eigenvalue weighted by molar-refractivity contribution is 7.87. The summed E-state index contributed by atoms with van der Waals surface area (Å²) in [6.07, 6.45) is 1.66. The minimum Gasteiger partial charge on any atom is -0.466 e. The number of nitrogens with zero attached hydrogens (tertiary/aromatic N) is 3. The topological polar surface area (TPSA) is 156 Å². The zero-order chi connectivity index (χ0) is 22.4. The summed E-state index contributed by atoms with van der Waals surface area (Å²) in [4.78, 5) is 35.1. The standard InChI is InChI=1S/C19H23N5O6S/c1-2-30-15(25)11-7-6-10-14-20-17(23-31(27,28)29)16-18(21-14)24(19(26)22-16)12-13-8-4-3-5-9-13/h3-5,8-9H,2,6-7,10-12H2,1H3,(H,22,26)(H,20,21,23)(H,27,28,29). The number of imidazole rings is 1. The molecule has 31 heavy (non-hydrogen) atoms. The van der Waals surface area contributed by atoms with E-state index in [9.17, 15) is 22.6 Å². The fourth-order valence-electron chi connectivity index (χ4n) is 3.08. The van der Waals surface area contributed by atoms with Crippen molar-refractivity contribution in [2.45, 2.75) is 39.2 Å². The van der Waals surface area contributed by atoms with E-state index in [-0.39, 0.29) is 41.7 Å². The molecule has 166 valence electrons. The molecule has 0 saturated heterocycles. The summed E-state index contributed by atoms with van der Waals surface area (Å²) in [7, 11) is -4.62. The van der Waals surface area contributed by atoms with Crippen molar-refractivity contribution in [2.24, 2.45) is 0 Å². The highest BCUT2D eigenvalue weighted by Crippen LogP contribution is 2.20. The van der Waals surface area contributed by atoms with Crippen LogP contribution in [0.2, 0.25) is 0 Å². The van der Waals surface area contributed by atoms with Gasteiger partial charge in [0.25, 0.3) is 0 Å². The Bertz CT molecular complexity index is 1220. The fraction of sp³-hybridized carbons (Fsp3) is 0.368. The third-order valence-corrected chi connectivity index (χ3v) is 4.87. The molecule has 11 nitrogen and oxygen atoms in total. The van der Waals surface area contributed by atoms with Gasteiger partial charge in [-0.1, -0.05) is 30.3 Å². The van der Waals surface area contributed by atoms with Crippen LogP contribution in [0.4, 0.5) is 5.82 Å². The van der Waals surface area contributed by atoms with Crippen LogP contribution in [0, 0.1) is 0 Å². The zero-order valence-electron chi connectivity index (χ0n) is 16.9. The van der Waals surface area contributed by atoms with Gasteiger partial charge >= 0.3 is 22.0 Å². The Morgan fingerprint density at radius 2 is 1.97 bits per heavy atom. The summed E-state index contributed by atoms with van der Waals surface area (Å²) in [6, 6.07) is 9.22. The first-order valence-electron chi connectivity index (χ1n) is 9.71. The molecule has 3 rings (SSSR count). The molecule has 0 fully saturated rings. The van der Waals surface area contributed by atoms with E-state index in [0.29, 0.717) is 25.9 Å². The van der Waals surface area contributed by atoms with Crippen LogP contribution in [0.25, 0.3) is 11.2 Å². The highest BCUT2D eigenvalue weighted by Gasteiger charge is 2.18. The lowest BCUT2D eigenvalue weighted by atomic mass is 10.2. The lowest BCUT2D eigenvalue weighted by Gasteiger charge is -2.08. The van der Waals surface area contributed by atoms with Crippen molar-refractivity contribution in [3.8, 4) is 0 Å². The highest BCUT2D eigenvalue weighted by atomic mass is 32.2. The summed E-state index contributed by atoms with van der Waals surface area (Å²) < 4.78 is 40.1. The minimum atomic E-state index is -4.62. The normalized spacial score (nSPS) is 11.5. The van der Waals surface area contributed by atoms with E-state index in [4.69, 9.17) is 4.74 Å². The average molecular weight is 449 g/mol. The Balaban J connectivity index is 1.92. The van der Waals surface area contributed by atoms with Crippen LogP contribution in [0.3, 0.4) is 0 Å². The number of aromatic amines is 1. The molecule has 0 bridgehead atoms. The van der Waals surface area contributed by atoms with E-state index in [1.807, 2.05) is 35.1 Å². The van der Waals surface area contributed by atoms with Gasteiger partial charge in [0, 0.05) is 12.8 Å². The number of aryl methyl sites for hydroxylation is 1. The molecule has 0 amide bonds. The molecule has 0 saturated carbocycles. The summed E-state index contributed by atoms with van der Waals surface area (Å²) in [6.45, 7) is 2.26. The predicted octanol–water partition coefficient (Wildman–Crippen LogP) is 1.66. The summed E-state index contributed by atoms with van der Waals surface area (Å²) in [5.41, 5.74) is 0.625. The van der Waals surface area contributed by atoms with E-state index < -0.39 is 16.0 Å². The number of aromatic nitrogens is 4. The van der Waals surface area contributed by atoms with Gasteiger partial charge in [-0.05, 0) is 25.3 Å². The number of esters is 1. The second-order valence-electron chi connectivity index (χ2n) is 6.78. The molecule has 2 aromatic heterocycles. The van der Waals surface area contributed by atoms with Crippen LogP contribution in [0.15, 0.2) is 35.1 Å². The number of fused-ring (bicyclic) bond motifs is 1. The molecular weight excluding hydrogens is 426 g/mol. The Hall–Kier alpha value is -3.25. The Morgan fingerprint density at radius 3 is 2.65 bits per heavy atom. The minimum absolute atomic E-state index is 0.0637. The van der Waals surface area contributed by atoms with Crippen LogP contribution in [0.1, 0.15) is 37.6 Å². The van der Waals surface area contributed by atoms with E-state index in [2.05, 4.69) is 15.0 Å². The molecule has 3 aromatic rings. The molecular formula is C19H23N5O6S. The maximum Gasteiger partial charge on any atom is 0.358 e. The molecule has 0 radical (unpaired) electrons. The van der Waals surface area contributed by atoms with Crippen molar-refractivity contribution in [3.63, 3.8) is 0 Å². The summed E-state index contributed by atoms with van der Waals surface area (Å²) in [5, 5.41) is 0. The number of H-pyrrole nitrogens is 1. The number of benzene rings is 1. The van der Waals surface area contributed by atoms with Crippen LogP contribution in [-0.2, 0) is 32.8 Å². The van der Waals surface area contributed by atoms with Crippen LogP contribution in [0.5, 0.6) is 0 Å². The van der Waals surface area contributed by atoms with Crippen LogP contribution < -0.4 is 10.4 Å². The molecule has 0 aliphatic rings. The number of unbranched alkanes of at least 4 members (excludes halogenated alkanes) is 1. The van der Waals surface area contributed by atoms with Gasteiger partial charge in [-0.2, -0.15) is 8.42 Å². The average Bonchev–Trinajstić information content (AvgIpc) is 3.01. The monoisotopic (exact) mass is 449 g/mol. The van der Waals surface area contributed by atoms with E-state index in [1.54, 1.807) is 6.92 Å². The lowest BCUT2D eigenvalue weighted by Crippen LogP contribution is -2.18. The smallest absolute Gasteiger partial charge is 0.358 e. The Kier molecular flexibility index (Phi) is 7.02. The number of hydrogen-bond acceptors (Lipinski definition) is 7. The molecule has 1 aromatic carbocycles. The third-order valence-electron chi connectivity index (χ3n) is 4.41. The maximum absolute atomic E-state index is 12.5. The quantitative estimate of drug-likeness (QED) is 0.240. The SMILES string of the molecule is CCOC(=O)CCCCc1nc(NS(=O)(=O)O)c2[nH]c(=O)n(Cc3ccccc3)c2n1. The lowest BCUT2D eigenvalue weighted by molar-refractivity contribution is -0.143. The van der Waals surface area contributed by atoms with Gasteiger partial charge in [-0.15, -0.1) is 0 Å². The summed E-state index contributed by atoms with van der Waals surface area (Å²) in [5.74, 6) is -0.255. The van der Waals surface area contributed by atoms with Crippen molar-refractivity contribution < 1.29 is 22.5 Å². The van der Waals surface area contributed by atoms with Gasteiger partial charge in [0.2, 0.25) is 0 Å². The molecule has 0 unspecified atom stereocenters. The van der Waals surface area contributed by atoms with Crippen molar-refractivity contribution in [1.82, 2.24) is 19.5 Å². The zero-order valence-corrected chi connectivity index (χ0v) is 17.7. The number of anilines is 1. The molecule has 3 N–H and O–H groups in total. The first-order valence-corrected chi connectivity index (χ1v) is 11.1. The van der Waals surface area contributed by atoms with Gasteiger partial charge in [0.05, 0.1) is 13.2 Å².